The molecule has 1 aliphatic rings. The number of nitrogens with zero attached hydrogens (tertiary/aromatic N) is 5. The fourth-order valence-corrected chi connectivity index (χ4v) is 3.96. The van der Waals surface area contributed by atoms with Crippen LogP contribution in [0, 0.1) is 5.82 Å². The van der Waals surface area contributed by atoms with E-state index in [0.29, 0.717) is 30.9 Å². The average Bonchev–Trinajstić information content (AvgIpc) is 3.11. The van der Waals surface area contributed by atoms with Gasteiger partial charge in [-0.25, -0.2) is 23.0 Å². The van der Waals surface area contributed by atoms with Crippen molar-refractivity contribution in [2.45, 2.75) is 38.8 Å². The zero-order valence-corrected chi connectivity index (χ0v) is 16.9. The molecule has 0 fully saturated rings. The van der Waals surface area contributed by atoms with Crippen molar-refractivity contribution in [2.24, 2.45) is 0 Å². The van der Waals surface area contributed by atoms with Gasteiger partial charge in [-0.15, -0.1) is 5.10 Å². The second-order valence-corrected chi connectivity index (χ2v) is 7.67. The van der Waals surface area contributed by atoms with Gasteiger partial charge in [0.05, 0.1) is 30.2 Å². The fraction of sp³-hybridized carbons (Fsp3) is 0.368. The van der Waals surface area contributed by atoms with Gasteiger partial charge < -0.3 is 4.90 Å². The molecule has 0 amide bonds. The molecule has 1 aliphatic heterocycles. The number of alkyl halides is 2. The molecule has 0 spiro atoms. The molecule has 3 aromatic rings. The van der Waals surface area contributed by atoms with Crippen molar-refractivity contribution in [3.05, 3.63) is 68.1 Å². The van der Waals surface area contributed by atoms with Crippen molar-refractivity contribution >= 4 is 17.3 Å². The van der Waals surface area contributed by atoms with Crippen LogP contribution < -0.4 is 10.5 Å². The van der Waals surface area contributed by atoms with E-state index in [1.165, 1.54) is 6.20 Å². The highest BCUT2D eigenvalue weighted by Gasteiger charge is 2.32. The van der Waals surface area contributed by atoms with E-state index in [1.54, 1.807) is 11.6 Å². The van der Waals surface area contributed by atoms with E-state index < -0.39 is 23.3 Å². The lowest BCUT2D eigenvalue weighted by Gasteiger charge is -2.29. The maximum atomic E-state index is 14.1. The van der Waals surface area contributed by atoms with E-state index in [9.17, 15) is 18.0 Å². The summed E-state index contributed by atoms with van der Waals surface area (Å²) in [5, 5.41) is 14.4. The van der Waals surface area contributed by atoms with Gasteiger partial charge in [-0.1, -0.05) is 16.8 Å². The number of hydrogen-bond donors (Lipinski definition) is 1. The van der Waals surface area contributed by atoms with E-state index in [1.807, 2.05) is 4.90 Å². The van der Waals surface area contributed by atoms with Gasteiger partial charge in [0.25, 0.3) is 11.5 Å². The maximum absolute atomic E-state index is 14.1. The van der Waals surface area contributed by atoms with E-state index >= 15 is 0 Å². The molecule has 1 aromatic carbocycles. The van der Waals surface area contributed by atoms with Crippen LogP contribution in [0.1, 0.15) is 42.4 Å². The van der Waals surface area contributed by atoms with Crippen molar-refractivity contribution in [1.82, 2.24) is 25.2 Å². The van der Waals surface area contributed by atoms with Gasteiger partial charge in [0, 0.05) is 25.5 Å². The number of nitrogens with one attached hydrogen (secondary N) is 1. The normalized spacial score (nSPS) is 15.2. The molecule has 7 nitrogen and oxygen atoms in total. The summed E-state index contributed by atoms with van der Waals surface area (Å²) in [6, 6.07) is 2.60. The van der Waals surface area contributed by atoms with E-state index in [0.717, 1.165) is 30.8 Å². The monoisotopic (exact) mass is 438 g/mol. The number of fused-ring (bicyclic) bond motifs is 1. The van der Waals surface area contributed by atoms with Gasteiger partial charge in [0.2, 0.25) is 0 Å². The summed E-state index contributed by atoms with van der Waals surface area (Å²) in [6.45, 7) is 3.29. The van der Waals surface area contributed by atoms with Gasteiger partial charge in [-0.2, -0.15) is 5.10 Å². The van der Waals surface area contributed by atoms with Crippen LogP contribution in [0.2, 0.25) is 5.02 Å². The lowest BCUT2D eigenvalue weighted by molar-refractivity contribution is 0.0159. The molecule has 11 heteroatoms. The highest BCUT2D eigenvalue weighted by molar-refractivity contribution is 6.32. The molecule has 0 radical (unpaired) electrons. The Balaban J connectivity index is 1.68. The van der Waals surface area contributed by atoms with E-state index in [-0.39, 0.29) is 16.1 Å². The van der Waals surface area contributed by atoms with Crippen LogP contribution in [0.5, 0.6) is 0 Å². The Morgan fingerprint density at radius 3 is 2.83 bits per heavy atom. The first-order chi connectivity index (χ1) is 14.2. The third-order valence-electron chi connectivity index (χ3n) is 5.25. The quantitative estimate of drug-likeness (QED) is 0.675. The first-order valence-electron chi connectivity index (χ1n) is 9.25. The summed E-state index contributed by atoms with van der Waals surface area (Å²) in [6.07, 6.45) is 1.95. The number of aromatic nitrogens is 5. The van der Waals surface area contributed by atoms with Gasteiger partial charge in [0.1, 0.15) is 16.5 Å². The second-order valence-electron chi connectivity index (χ2n) is 7.29. The lowest BCUT2D eigenvalue weighted by Crippen LogP contribution is -2.33. The molecule has 0 bridgehead atoms. The summed E-state index contributed by atoms with van der Waals surface area (Å²) in [7, 11) is 0. The molecule has 1 atom stereocenters. The molecule has 2 aromatic heterocycles. The molecule has 0 aliphatic carbocycles. The van der Waals surface area contributed by atoms with Crippen LogP contribution in [-0.2, 0) is 18.9 Å². The Morgan fingerprint density at radius 1 is 1.33 bits per heavy atom. The van der Waals surface area contributed by atoms with Crippen LogP contribution in [-0.4, -0.2) is 31.7 Å². The number of anilines is 1. The Labute approximate surface area is 174 Å². The predicted octanol–water partition coefficient (Wildman–Crippen LogP) is 3.44. The summed E-state index contributed by atoms with van der Waals surface area (Å²) >= 11 is 6.09. The van der Waals surface area contributed by atoms with Gasteiger partial charge >= 0.3 is 0 Å². The standard InChI is InChI=1S/C19H18ClF3N6O/c1-10(12-7-11(21)3-4-13(12)19(2,22)23)29-15-5-6-28(9-14(15)25-27-29)16-8-24-26-18(30)17(16)20/h3-4,7-8,10H,5-6,9H2,1-2H3,(H,26,30)/t10-/m1/s1. The minimum absolute atomic E-state index is 0.0313. The molecular formula is C19H18ClF3N6O. The Bertz CT molecular complexity index is 1160. The Morgan fingerprint density at radius 2 is 2.10 bits per heavy atom. The molecule has 3 heterocycles. The first kappa shape index (κ1) is 20.4. The van der Waals surface area contributed by atoms with Crippen LogP contribution in [0.25, 0.3) is 0 Å². The van der Waals surface area contributed by atoms with Crippen molar-refractivity contribution < 1.29 is 13.2 Å². The van der Waals surface area contributed by atoms with Crippen molar-refractivity contribution in [3.8, 4) is 0 Å². The number of halogens is 4. The molecular weight excluding hydrogens is 421 g/mol. The second kappa shape index (κ2) is 7.42. The van der Waals surface area contributed by atoms with Crippen LogP contribution in [0.3, 0.4) is 0 Å². The van der Waals surface area contributed by atoms with Gasteiger partial charge in [0.15, 0.2) is 0 Å². The van der Waals surface area contributed by atoms with Gasteiger partial charge in [-0.05, 0) is 30.7 Å². The maximum Gasteiger partial charge on any atom is 0.285 e. The van der Waals surface area contributed by atoms with Crippen LogP contribution in [0.15, 0.2) is 29.2 Å². The Hall–Kier alpha value is -2.88. The number of H-pyrrole nitrogens is 1. The lowest BCUT2D eigenvalue weighted by atomic mass is 9.96. The molecule has 0 saturated heterocycles. The minimum Gasteiger partial charge on any atom is -0.362 e. The Kier molecular flexibility index (Phi) is 5.05. The van der Waals surface area contributed by atoms with E-state index in [4.69, 9.17) is 11.6 Å². The molecule has 1 N–H and O–H groups in total. The van der Waals surface area contributed by atoms with Crippen molar-refractivity contribution in [3.63, 3.8) is 0 Å². The van der Waals surface area contributed by atoms with Gasteiger partial charge in [-0.3, -0.25) is 4.79 Å². The number of rotatable bonds is 4. The fourth-order valence-electron chi connectivity index (χ4n) is 3.75. The molecule has 0 saturated carbocycles. The summed E-state index contributed by atoms with van der Waals surface area (Å²) in [5.41, 5.74) is 1.29. The molecule has 158 valence electrons. The van der Waals surface area contributed by atoms with Crippen molar-refractivity contribution in [2.75, 3.05) is 11.4 Å². The molecule has 30 heavy (non-hydrogen) atoms. The number of benzene rings is 1. The number of hydrogen-bond acceptors (Lipinski definition) is 5. The highest BCUT2D eigenvalue weighted by atomic mass is 35.5. The average molecular weight is 439 g/mol. The summed E-state index contributed by atoms with van der Waals surface area (Å²) in [5.74, 6) is -3.72. The molecule has 4 rings (SSSR count). The number of aromatic amines is 1. The highest BCUT2D eigenvalue weighted by Crippen LogP contribution is 2.36. The predicted molar refractivity (Wildman–Crippen MR) is 104 cm³/mol. The summed E-state index contributed by atoms with van der Waals surface area (Å²) in [4.78, 5) is 13.6. The summed E-state index contributed by atoms with van der Waals surface area (Å²) < 4.78 is 43.5. The SMILES string of the molecule is C[C@H](c1cc(F)ccc1C(C)(F)F)n1nnc2c1CCN(c1cn[nH]c(=O)c1Cl)C2. The van der Waals surface area contributed by atoms with E-state index in [2.05, 4.69) is 20.5 Å². The smallest absolute Gasteiger partial charge is 0.285 e. The third kappa shape index (κ3) is 3.55. The third-order valence-corrected chi connectivity index (χ3v) is 5.62. The van der Waals surface area contributed by atoms with Crippen molar-refractivity contribution in [1.29, 1.82) is 0 Å². The van der Waals surface area contributed by atoms with Crippen LogP contribution >= 0.6 is 11.6 Å². The zero-order valence-electron chi connectivity index (χ0n) is 16.2. The largest absolute Gasteiger partial charge is 0.362 e. The molecule has 0 unspecified atom stereocenters. The topological polar surface area (TPSA) is 79.7 Å². The zero-order chi connectivity index (χ0) is 21.6. The minimum atomic E-state index is -3.13. The first-order valence-corrected chi connectivity index (χ1v) is 9.63. The van der Waals surface area contributed by atoms with Crippen LogP contribution in [0.4, 0.5) is 18.9 Å².